The molecule has 16 heavy (non-hydrogen) atoms. The summed E-state index contributed by atoms with van der Waals surface area (Å²) in [6.45, 7) is 4.37. The molecule has 1 saturated carbocycles. The second-order valence-electron chi connectivity index (χ2n) is 4.76. The minimum absolute atomic E-state index is 0.641. The molecule has 0 spiro atoms. The van der Waals surface area contributed by atoms with Crippen LogP contribution in [0.4, 0.5) is 5.69 Å². The van der Waals surface area contributed by atoms with Crippen molar-refractivity contribution in [1.82, 2.24) is 0 Å². The molecule has 0 aliphatic heterocycles. The molecule has 1 N–H and O–H groups in total. The van der Waals surface area contributed by atoms with Crippen LogP contribution in [0, 0.1) is 12.8 Å². The van der Waals surface area contributed by atoms with Crippen molar-refractivity contribution in [3.8, 4) is 0 Å². The number of rotatable bonds is 3. The van der Waals surface area contributed by atoms with Crippen LogP contribution in [0.15, 0.2) is 18.2 Å². The van der Waals surface area contributed by atoms with Gasteiger partial charge < -0.3 is 5.32 Å². The third-order valence-corrected chi connectivity index (χ3v) is 4.20. The van der Waals surface area contributed by atoms with E-state index in [4.69, 9.17) is 11.6 Å². The molecule has 1 fully saturated rings. The Kier molecular flexibility index (Phi) is 3.75. The van der Waals surface area contributed by atoms with E-state index < -0.39 is 0 Å². The van der Waals surface area contributed by atoms with Crippen molar-refractivity contribution < 1.29 is 0 Å². The molecule has 88 valence electrons. The van der Waals surface area contributed by atoms with Crippen molar-refractivity contribution >= 4 is 17.3 Å². The molecule has 2 atom stereocenters. The molecule has 2 rings (SSSR count). The number of halogens is 1. The third kappa shape index (κ3) is 2.35. The van der Waals surface area contributed by atoms with Crippen molar-refractivity contribution in [3.05, 3.63) is 28.8 Å². The number of benzene rings is 1. The minimum atomic E-state index is 0.641. The number of hydrogen-bond donors (Lipinski definition) is 1. The molecule has 1 aromatic rings. The van der Waals surface area contributed by atoms with Crippen LogP contribution < -0.4 is 5.32 Å². The van der Waals surface area contributed by atoms with E-state index in [1.807, 2.05) is 12.1 Å². The Balaban J connectivity index is 2.11. The lowest BCUT2D eigenvalue weighted by molar-refractivity contribution is 0.489. The summed E-state index contributed by atoms with van der Waals surface area (Å²) in [4.78, 5) is 0. The van der Waals surface area contributed by atoms with Crippen LogP contribution >= 0.6 is 11.6 Å². The Morgan fingerprint density at radius 1 is 1.38 bits per heavy atom. The first-order valence-corrected chi connectivity index (χ1v) is 6.61. The molecule has 2 heteroatoms. The Morgan fingerprint density at radius 3 is 2.94 bits per heavy atom. The van der Waals surface area contributed by atoms with Gasteiger partial charge in [-0.1, -0.05) is 37.4 Å². The number of anilines is 1. The molecule has 0 bridgehead atoms. The van der Waals surface area contributed by atoms with Gasteiger partial charge in [0, 0.05) is 16.8 Å². The number of nitrogens with one attached hydrogen (secondary N) is 1. The fraction of sp³-hybridized carbons (Fsp3) is 0.571. The zero-order chi connectivity index (χ0) is 11.5. The third-order valence-electron chi connectivity index (χ3n) is 3.79. The van der Waals surface area contributed by atoms with Gasteiger partial charge in [0.2, 0.25) is 0 Å². The lowest BCUT2D eigenvalue weighted by atomic mass is 10.00. The first-order valence-electron chi connectivity index (χ1n) is 6.24. The van der Waals surface area contributed by atoms with Crippen molar-refractivity contribution in [2.24, 2.45) is 5.92 Å². The summed E-state index contributed by atoms with van der Waals surface area (Å²) >= 11 is 6.13. The SMILES string of the molecule is CCC1CCCC1Nc1cccc(Cl)c1C. The highest BCUT2D eigenvalue weighted by Gasteiger charge is 2.25. The summed E-state index contributed by atoms with van der Waals surface area (Å²) < 4.78 is 0. The normalized spacial score (nSPS) is 24.7. The molecule has 1 aliphatic rings. The summed E-state index contributed by atoms with van der Waals surface area (Å²) in [6.07, 6.45) is 5.30. The van der Waals surface area contributed by atoms with E-state index in [1.165, 1.54) is 36.9 Å². The Bertz CT molecular complexity index is 362. The van der Waals surface area contributed by atoms with E-state index in [0.717, 1.165) is 10.9 Å². The average Bonchev–Trinajstić information content (AvgIpc) is 2.72. The van der Waals surface area contributed by atoms with E-state index in [1.54, 1.807) is 0 Å². The van der Waals surface area contributed by atoms with Crippen molar-refractivity contribution in [2.45, 2.75) is 45.6 Å². The molecule has 1 aliphatic carbocycles. The van der Waals surface area contributed by atoms with Crippen molar-refractivity contribution in [3.63, 3.8) is 0 Å². The first kappa shape index (κ1) is 11.8. The number of hydrogen-bond acceptors (Lipinski definition) is 1. The zero-order valence-electron chi connectivity index (χ0n) is 10.1. The van der Waals surface area contributed by atoms with Gasteiger partial charge in [0.25, 0.3) is 0 Å². The maximum absolute atomic E-state index is 6.13. The van der Waals surface area contributed by atoms with E-state index in [9.17, 15) is 0 Å². The zero-order valence-corrected chi connectivity index (χ0v) is 10.8. The summed E-state index contributed by atoms with van der Waals surface area (Å²) in [5.41, 5.74) is 2.38. The van der Waals surface area contributed by atoms with Gasteiger partial charge in [0.15, 0.2) is 0 Å². The summed E-state index contributed by atoms with van der Waals surface area (Å²) in [5, 5.41) is 4.52. The minimum Gasteiger partial charge on any atom is -0.382 e. The molecular formula is C14H20ClN. The highest BCUT2D eigenvalue weighted by atomic mass is 35.5. The van der Waals surface area contributed by atoms with Crippen molar-refractivity contribution in [1.29, 1.82) is 0 Å². The van der Waals surface area contributed by atoms with E-state index in [0.29, 0.717) is 6.04 Å². The van der Waals surface area contributed by atoms with Gasteiger partial charge in [0.05, 0.1) is 0 Å². The van der Waals surface area contributed by atoms with Gasteiger partial charge in [-0.25, -0.2) is 0 Å². The van der Waals surface area contributed by atoms with Gasteiger partial charge in [-0.3, -0.25) is 0 Å². The van der Waals surface area contributed by atoms with Crippen LogP contribution in [0.3, 0.4) is 0 Å². The maximum Gasteiger partial charge on any atom is 0.0455 e. The van der Waals surface area contributed by atoms with Gasteiger partial charge in [-0.2, -0.15) is 0 Å². The summed E-state index contributed by atoms with van der Waals surface area (Å²) in [7, 11) is 0. The first-order chi connectivity index (χ1) is 7.72. The molecule has 0 aromatic heterocycles. The molecule has 0 amide bonds. The van der Waals surface area contributed by atoms with Crippen LogP contribution in [0.25, 0.3) is 0 Å². The van der Waals surface area contributed by atoms with Crippen molar-refractivity contribution in [2.75, 3.05) is 5.32 Å². The fourth-order valence-corrected chi connectivity index (χ4v) is 2.85. The lowest BCUT2D eigenvalue weighted by Gasteiger charge is -2.22. The Morgan fingerprint density at radius 2 is 2.19 bits per heavy atom. The summed E-state index contributed by atoms with van der Waals surface area (Å²) in [6, 6.07) is 6.75. The van der Waals surface area contributed by atoms with Gasteiger partial charge in [-0.15, -0.1) is 0 Å². The van der Waals surface area contributed by atoms with Gasteiger partial charge in [0.1, 0.15) is 0 Å². The molecule has 0 heterocycles. The molecule has 2 unspecified atom stereocenters. The highest BCUT2D eigenvalue weighted by Crippen LogP contribution is 2.32. The second kappa shape index (κ2) is 5.09. The predicted molar refractivity (Wildman–Crippen MR) is 71.2 cm³/mol. The topological polar surface area (TPSA) is 12.0 Å². The average molecular weight is 238 g/mol. The smallest absolute Gasteiger partial charge is 0.0455 e. The molecule has 1 aromatic carbocycles. The van der Waals surface area contributed by atoms with E-state index in [-0.39, 0.29) is 0 Å². The largest absolute Gasteiger partial charge is 0.382 e. The molecular weight excluding hydrogens is 218 g/mol. The fourth-order valence-electron chi connectivity index (χ4n) is 2.68. The molecule has 0 radical (unpaired) electrons. The van der Waals surface area contributed by atoms with Crippen LogP contribution in [0.1, 0.15) is 38.2 Å². The molecule has 0 saturated heterocycles. The Labute approximate surface area is 103 Å². The van der Waals surface area contributed by atoms with Gasteiger partial charge in [-0.05, 0) is 43.4 Å². The Hall–Kier alpha value is -0.690. The van der Waals surface area contributed by atoms with Gasteiger partial charge >= 0.3 is 0 Å². The van der Waals surface area contributed by atoms with Crippen LogP contribution in [-0.2, 0) is 0 Å². The quantitative estimate of drug-likeness (QED) is 0.808. The molecule has 1 nitrogen and oxygen atoms in total. The lowest BCUT2D eigenvalue weighted by Crippen LogP contribution is -2.23. The van der Waals surface area contributed by atoms with Crippen LogP contribution in [0.2, 0.25) is 5.02 Å². The van der Waals surface area contributed by atoms with Crippen LogP contribution in [0.5, 0.6) is 0 Å². The maximum atomic E-state index is 6.13. The van der Waals surface area contributed by atoms with E-state index >= 15 is 0 Å². The van der Waals surface area contributed by atoms with E-state index in [2.05, 4.69) is 25.2 Å². The standard InChI is InChI=1S/C14H20ClN/c1-3-11-6-4-9-14(11)16-13-8-5-7-12(15)10(13)2/h5,7-8,11,14,16H,3-4,6,9H2,1-2H3. The monoisotopic (exact) mass is 237 g/mol. The second-order valence-corrected chi connectivity index (χ2v) is 5.17. The summed E-state index contributed by atoms with van der Waals surface area (Å²) in [5.74, 6) is 0.832. The highest BCUT2D eigenvalue weighted by molar-refractivity contribution is 6.31. The van der Waals surface area contributed by atoms with Crippen LogP contribution in [-0.4, -0.2) is 6.04 Å². The predicted octanol–water partition coefficient (Wildman–Crippen LogP) is 4.64.